The van der Waals surface area contributed by atoms with Crippen LogP contribution in [0.1, 0.15) is 74.7 Å². The van der Waals surface area contributed by atoms with E-state index in [2.05, 4.69) is 32.4 Å². The molecule has 0 spiro atoms. The van der Waals surface area contributed by atoms with Crippen molar-refractivity contribution in [3.63, 3.8) is 0 Å². The third kappa shape index (κ3) is 10.1. The third-order valence-corrected chi connectivity index (χ3v) is 8.96. The normalized spacial score (nSPS) is 13.8. The summed E-state index contributed by atoms with van der Waals surface area (Å²) >= 11 is 0. The lowest BCUT2D eigenvalue weighted by molar-refractivity contribution is -0.141. The fourth-order valence-corrected chi connectivity index (χ4v) is 5.92. The van der Waals surface area contributed by atoms with E-state index in [4.69, 9.17) is 4.74 Å². The van der Waals surface area contributed by atoms with Crippen LogP contribution in [-0.2, 0) is 16.0 Å². The summed E-state index contributed by atoms with van der Waals surface area (Å²) in [6.45, 7) is 6.31. The van der Waals surface area contributed by atoms with Crippen molar-refractivity contribution in [2.75, 3.05) is 24.6 Å². The lowest BCUT2D eigenvalue weighted by atomic mass is 10.0. The Morgan fingerprint density at radius 3 is 2.08 bits per heavy atom. The van der Waals surface area contributed by atoms with E-state index in [0.29, 0.717) is 11.4 Å². The second kappa shape index (κ2) is 17.9. The van der Waals surface area contributed by atoms with Gasteiger partial charge in [0.2, 0.25) is 5.91 Å². The number of nitrogens with zero attached hydrogens (tertiary/aromatic N) is 3. The van der Waals surface area contributed by atoms with E-state index in [1.807, 2.05) is 60.7 Å². The van der Waals surface area contributed by atoms with Gasteiger partial charge in [-0.15, -0.1) is 0 Å². The summed E-state index contributed by atoms with van der Waals surface area (Å²) in [5.41, 5.74) is 4.94. The van der Waals surface area contributed by atoms with E-state index < -0.39 is 29.9 Å². The number of rotatable bonds is 17. The van der Waals surface area contributed by atoms with Gasteiger partial charge in [-0.3, -0.25) is 14.4 Å². The van der Waals surface area contributed by atoms with Crippen LogP contribution in [0.5, 0.6) is 5.75 Å². The smallest absolute Gasteiger partial charge is 0.325 e. The number of ether oxygens (including phenoxy) is 1. The zero-order valence-corrected chi connectivity index (χ0v) is 28.9. The average Bonchev–Trinajstić information content (AvgIpc) is 3.69. The van der Waals surface area contributed by atoms with Gasteiger partial charge >= 0.3 is 5.97 Å². The number of amides is 2. The van der Waals surface area contributed by atoms with Crippen LogP contribution in [0.4, 0.5) is 5.69 Å². The number of unbranched alkanes of at least 4 members (excludes halogenated alkanes) is 4. The van der Waals surface area contributed by atoms with Crippen LogP contribution in [0.3, 0.4) is 0 Å². The predicted octanol–water partition coefficient (Wildman–Crippen LogP) is 6.69. The molecule has 5 rings (SSSR count). The highest BCUT2D eigenvalue weighted by atomic mass is 16.5. The number of carboxylic acid groups (broad SMARTS) is 1. The Balaban J connectivity index is 1.20. The number of aliphatic carboxylic acids is 1. The van der Waals surface area contributed by atoms with Crippen molar-refractivity contribution >= 4 is 23.5 Å². The molecule has 1 fully saturated rings. The monoisotopic (exact) mass is 677 g/mol. The molecule has 0 bridgehead atoms. The topological polar surface area (TPSA) is 134 Å². The molecule has 0 aliphatic carbocycles. The zero-order chi connectivity index (χ0) is 35.3. The Kier molecular flexibility index (Phi) is 12.9. The molecule has 0 saturated carbocycles. The molecule has 3 aromatic carbocycles. The number of carbonyl (C=O) groups excluding carboxylic acids is 2. The van der Waals surface area contributed by atoms with Crippen molar-refractivity contribution < 1.29 is 24.2 Å². The number of aromatic nitrogens is 2. The van der Waals surface area contributed by atoms with Gasteiger partial charge in [0, 0.05) is 54.3 Å². The van der Waals surface area contributed by atoms with Crippen molar-refractivity contribution in [1.29, 1.82) is 0 Å². The Hall–Kier alpha value is -5.25. The van der Waals surface area contributed by atoms with Crippen LogP contribution in [0.2, 0.25) is 0 Å². The number of anilines is 1. The van der Waals surface area contributed by atoms with E-state index in [1.165, 1.54) is 32.6 Å². The molecular formula is C40H47N5O5. The summed E-state index contributed by atoms with van der Waals surface area (Å²) in [5.74, 6) is -0.744. The van der Waals surface area contributed by atoms with E-state index in [1.54, 1.807) is 24.5 Å². The Morgan fingerprint density at radius 2 is 1.44 bits per heavy atom. The molecule has 262 valence electrons. The van der Waals surface area contributed by atoms with Gasteiger partial charge in [-0.25, -0.2) is 9.97 Å². The predicted molar refractivity (Wildman–Crippen MR) is 195 cm³/mol. The summed E-state index contributed by atoms with van der Waals surface area (Å²) in [6, 6.07) is 20.6. The minimum atomic E-state index is -1.16. The maximum atomic E-state index is 13.2. The van der Waals surface area contributed by atoms with Gasteiger partial charge < -0.3 is 25.4 Å². The lowest BCUT2D eigenvalue weighted by Crippen LogP contribution is -2.51. The van der Waals surface area contributed by atoms with Crippen molar-refractivity contribution in [1.82, 2.24) is 20.6 Å². The molecular weight excluding hydrogens is 630 g/mol. The summed E-state index contributed by atoms with van der Waals surface area (Å²) in [6.07, 6.45) is 12.1. The van der Waals surface area contributed by atoms with E-state index >= 15 is 0 Å². The molecule has 10 heteroatoms. The molecule has 50 heavy (non-hydrogen) atoms. The van der Waals surface area contributed by atoms with Gasteiger partial charge in [-0.2, -0.15) is 0 Å². The minimum Gasteiger partial charge on any atom is -0.494 e. The second-order valence-electron chi connectivity index (χ2n) is 12.8. The first kappa shape index (κ1) is 36.0. The van der Waals surface area contributed by atoms with E-state index in [-0.39, 0.29) is 6.42 Å². The van der Waals surface area contributed by atoms with Gasteiger partial charge in [-0.1, -0.05) is 69.0 Å². The summed E-state index contributed by atoms with van der Waals surface area (Å²) in [5, 5.41) is 14.7. The maximum Gasteiger partial charge on any atom is 0.325 e. The highest BCUT2D eigenvalue weighted by Gasteiger charge is 2.25. The molecule has 4 aromatic rings. The largest absolute Gasteiger partial charge is 0.494 e. The fraction of sp³-hybridized carbons (Fsp3) is 0.375. The first-order chi connectivity index (χ1) is 24.3. The second-order valence-corrected chi connectivity index (χ2v) is 12.8. The van der Waals surface area contributed by atoms with Crippen LogP contribution in [0, 0.1) is 0 Å². The van der Waals surface area contributed by atoms with Crippen LogP contribution in [-0.4, -0.2) is 64.6 Å². The molecule has 2 atom stereocenters. The van der Waals surface area contributed by atoms with Gasteiger partial charge in [0.05, 0.1) is 6.61 Å². The summed E-state index contributed by atoms with van der Waals surface area (Å²) in [4.78, 5) is 49.3. The standard InChI is InChI=1S/C40H47N5O5/c1-3-4-5-6-9-24-50-35-20-16-30(17-21-35)33-26-41-37(42-27-33)31-12-10-29(11-13-31)25-36(39(47)43-28(2)40(48)49)44-38(46)32-14-18-34(19-15-32)45-22-7-8-23-45/h10-21,26-28,36H,3-9,22-25H2,1-2H3,(H,43,47)(H,44,46)(H,48,49)/t28-,36-/m0/s1. The summed E-state index contributed by atoms with van der Waals surface area (Å²) < 4.78 is 5.89. The number of carboxylic acids is 1. The molecule has 1 saturated heterocycles. The Labute approximate surface area is 294 Å². The van der Waals surface area contributed by atoms with Gasteiger partial charge in [0.25, 0.3) is 5.91 Å². The van der Waals surface area contributed by atoms with Gasteiger partial charge in [0.15, 0.2) is 5.82 Å². The number of nitrogens with one attached hydrogen (secondary N) is 2. The highest BCUT2D eigenvalue weighted by molar-refractivity contribution is 5.98. The molecule has 0 unspecified atom stereocenters. The SMILES string of the molecule is CCCCCCCOc1ccc(-c2cnc(-c3ccc(C[C@H](NC(=O)c4ccc(N5CCCC5)cc4)C(=O)N[C@@H](C)C(=O)O)cc3)nc2)cc1. The van der Waals surface area contributed by atoms with Crippen molar-refractivity contribution in [2.45, 2.75) is 77.3 Å². The molecule has 2 heterocycles. The van der Waals surface area contributed by atoms with Crippen LogP contribution in [0.15, 0.2) is 85.2 Å². The Morgan fingerprint density at radius 1 is 0.800 bits per heavy atom. The minimum absolute atomic E-state index is 0.161. The summed E-state index contributed by atoms with van der Waals surface area (Å²) in [7, 11) is 0. The molecule has 10 nitrogen and oxygen atoms in total. The molecule has 2 amide bonds. The van der Waals surface area contributed by atoms with Crippen LogP contribution >= 0.6 is 0 Å². The fourth-order valence-electron chi connectivity index (χ4n) is 5.92. The van der Waals surface area contributed by atoms with Crippen LogP contribution in [0.25, 0.3) is 22.5 Å². The third-order valence-electron chi connectivity index (χ3n) is 8.96. The number of benzene rings is 3. The van der Waals surface area contributed by atoms with E-state index in [0.717, 1.165) is 72.6 Å². The first-order valence-corrected chi connectivity index (χ1v) is 17.6. The average molecular weight is 678 g/mol. The van der Waals surface area contributed by atoms with Gasteiger partial charge in [0.1, 0.15) is 17.8 Å². The molecule has 1 aliphatic rings. The number of hydrogen-bond acceptors (Lipinski definition) is 7. The Bertz CT molecular complexity index is 1690. The van der Waals surface area contributed by atoms with Crippen molar-refractivity contribution in [2.24, 2.45) is 0 Å². The number of carbonyl (C=O) groups is 3. The highest BCUT2D eigenvalue weighted by Crippen LogP contribution is 2.24. The van der Waals surface area contributed by atoms with Crippen LogP contribution < -0.4 is 20.3 Å². The first-order valence-electron chi connectivity index (χ1n) is 17.6. The van der Waals surface area contributed by atoms with Crippen molar-refractivity contribution in [3.8, 4) is 28.3 Å². The maximum absolute atomic E-state index is 13.2. The lowest BCUT2D eigenvalue weighted by Gasteiger charge is -2.21. The molecule has 1 aliphatic heterocycles. The zero-order valence-electron chi connectivity index (χ0n) is 28.9. The quantitative estimate of drug-likeness (QED) is 0.105. The van der Waals surface area contributed by atoms with Gasteiger partial charge in [-0.05, 0) is 73.7 Å². The molecule has 1 aromatic heterocycles. The van der Waals surface area contributed by atoms with Crippen molar-refractivity contribution in [3.05, 3.63) is 96.3 Å². The number of hydrogen-bond donors (Lipinski definition) is 3. The molecule has 3 N–H and O–H groups in total. The molecule has 0 radical (unpaired) electrons. The van der Waals surface area contributed by atoms with E-state index in [9.17, 15) is 19.5 Å².